The second kappa shape index (κ2) is 7.81. The Morgan fingerprint density at radius 2 is 1.92 bits per heavy atom. The summed E-state index contributed by atoms with van der Waals surface area (Å²) in [5.74, 6) is -0.903. The van der Waals surface area contributed by atoms with Crippen LogP contribution in [0, 0.1) is 30.9 Å². The van der Waals surface area contributed by atoms with Crippen LogP contribution in [0.2, 0.25) is 0 Å². The molecule has 138 valence electrons. The Balaban J connectivity index is 2.22. The van der Waals surface area contributed by atoms with Gasteiger partial charge in [0.1, 0.15) is 0 Å². The third kappa shape index (κ3) is 3.90. The molecule has 0 aliphatic carbocycles. The number of nitro benzene ring substituents is 1. The van der Waals surface area contributed by atoms with Crippen molar-refractivity contribution in [3.05, 3.63) is 56.4 Å². The summed E-state index contributed by atoms with van der Waals surface area (Å²) >= 11 is 0. The standard InChI is InChI=1S/C18H20N2O6/c1-5-25-18(22)16-11(3)17(19-12(16)4)14(21)9-26-15-8-10(2)6-7-13(15)20(23)24/h6-8,19H,5,9H2,1-4H3. The fraction of sp³-hybridized carbons (Fsp3) is 0.333. The maximum absolute atomic E-state index is 12.5. The van der Waals surface area contributed by atoms with Gasteiger partial charge in [0, 0.05) is 11.8 Å². The first-order chi connectivity index (χ1) is 12.3. The average Bonchev–Trinajstić information content (AvgIpc) is 2.87. The molecule has 0 aliphatic rings. The minimum absolute atomic E-state index is 0.0231. The fourth-order valence-corrected chi connectivity index (χ4v) is 2.64. The number of carbonyl (C=O) groups excluding carboxylic acids is 2. The minimum Gasteiger partial charge on any atom is -0.478 e. The van der Waals surface area contributed by atoms with Gasteiger partial charge >= 0.3 is 11.7 Å². The molecular weight excluding hydrogens is 340 g/mol. The van der Waals surface area contributed by atoms with Crippen molar-refractivity contribution >= 4 is 17.4 Å². The summed E-state index contributed by atoms with van der Waals surface area (Å²) in [6, 6.07) is 4.43. The zero-order valence-corrected chi connectivity index (χ0v) is 15.0. The van der Waals surface area contributed by atoms with Gasteiger partial charge in [-0.25, -0.2) is 4.79 Å². The number of rotatable bonds is 7. The molecular formula is C18H20N2O6. The number of aryl methyl sites for hydroxylation is 2. The van der Waals surface area contributed by atoms with Crippen LogP contribution in [0.25, 0.3) is 0 Å². The number of nitro groups is 1. The van der Waals surface area contributed by atoms with E-state index >= 15 is 0 Å². The zero-order chi connectivity index (χ0) is 19.4. The quantitative estimate of drug-likeness (QED) is 0.351. The average molecular weight is 360 g/mol. The van der Waals surface area contributed by atoms with Crippen molar-refractivity contribution in [2.45, 2.75) is 27.7 Å². The molecule has 26 heavy (non-hydrogen) atoms. The molecule has 0 spiro atoms. The van der Waals surface area contributed by atoms with E-state index in [2.05, 4.69) is 4.98 Å². The van der Waals surface area contributed by atoms with Crippen LogP contribution in [-0.4, -0.2) is 34.9 Å². The van der Waals surface area contributed by atoms with Crippen molar-refractivity contribution in [2.75, 3.05) is 13.2 Å². The van der Waals surface area contributed by atoms with Crippen molar-refractivity contribution in [1.82, 2.24) is 4.98 Å². The number of carbonyl (C=O) groups is 2. The van der Waals surface area contributed by atoms with Crippen molar-refractivity contribution in [1.29, 1.82) is 0 Å². The fourth-order valence-electron chi connectivity index (χ4n) is 2.64. The summed E-state index contributed by atoms with van der Waals surface area (Å²) in [5, 5.41) is 11.1. The Morgan fingerprint density at radius 1 is 1.23 bits per heavy atom. The molecule has 1 aromatic carbocycles. The number of nitrogens with one attached hydrogen (secondary N) is 1. The number of H-pyrrole nitrogens is 1. The molecule has 0 saturated heterocycles. The highest BCUT2D eigenvalue weighted by Gasteiger charge is 2.24. The van der Waals surface area contributed by atoms with Crippen LogP contribution in [0.5, 0.6) is 5.75 Å². The van der Waals surface area contributed by atoms with E-state index in [4.69, 9.17) is 9.47 Å². The van der Waals surface area contributed by atoms with Gasteiger partial charge in [0.2, 0.25) is 5.78 Å². The van der Waals surface area contributed by atoms with E-state index in [9.17, 15) is 19.7 Å². The first-order valence-electron chi connectivity index (χ1n) is 8.03. The van der Waals surface area contributed by atoms with Gasteiger partial charge in [-0.3, -0.25) is 14.9 Å². The van der Waals surface area contributed by atoms with Gasteiger partial charge in [-0.1, -0.05) is 6.07 Å². The SMILES string of the molecule is CCOC(=O)c1c(C)[nH]c(C(=O)COc2cc(C)ccc2[N+](=O)[O-])c1C. The van der Waals surface area contributed by atoms with Crippen LogP contribution in [0.3, 0.4) is 0 Å². The van der Waals surface area contributed by atoms with E-state index in [1.54, 1.807) is 33.8 Å². The molecule has 1 aromatic heterocycles. The van der Waals surface area contributed by atoms with Gasteiger partial charge in [-0.15, -0.1) is 0 Å². The highest BCUT2D eigenvalue weighted by Crippen LogP contribution is 2.28. The molecule has 0 atom stereocenters. The normalized spacial score (nSPS) is 10.5. The van der Waals surface area contributed by atoms with Crippen molar-refractivity contribution in [3.63, 3.8) is 0 Å². The third-order valence-electron chi connectivity index (χ3n) is 3.87. The summed E-state index contributed by atoms with van der Waals surface area (Å²) < 4.78 is 10.4. The second-order valence-electron chi connectivity index (χ2n) is 5.79. The van der Waals surface area contributed by atoms with Gasteiger partial charge < -0.3 is 14.5 Å². The van der Waals surface area contributed by atoms with Gasteiger partial charge in [0.15, 0.2) is 12.4 Å². The van der Waals surface area contributed by atoms with Gasteiger partial charge in [0.05, 0.1) is 22.8 Å². The van der Waals surface area contributed by atoms with Crippen LogP contribution >= 0.6 is 0 Å². The number of aromatic nitrogens is 1. The van der Waals surface area contributed by atoms with E-state index in [0.717, 1.165) is 5.56 Å². The van der Waals surface area contributed by atoms with E-state index in [1.807, 2.05) is 0 Å². The highest BCUT2D eigenvalue weighted by molar-refractivity contribution is 6.02. The summed E-state index contributed by atoms with van der Waals surface area (Å²) in [7, 11) is 0. The summed E-state index contributed by atoms with van der Waals surface area (Å²) in [6.07, 6.45) is 0. The first kappa shape index (κ1) is 19.2. The summed E-state index contributed by atoms with van der Waals surface area (Å²) in [6.45, 7) is 6.60. The predicted molar refractivity (Wildman–Crippen MR) is 93.9 cm³/mol. The number of ketones is 1. The molecule has 0 radical (unpaired) electrons. The lowest BCUT2D eigenvalue weighted by Crippen LogP contribution is -2.14. The zero-order valence-electron chi connectivity index (χ0n) is 15.0. The maximum Gasteiger partial charge on any atom is 0.340 e. The van der Waals surface area contributed by atoms with E-state index in [-0.39, 0.29) is 23.7 Å². The van der Waals surface area contributed by atoms with Crippen LogP contribution in [0.4, 0.5) is 5.69 Å². The Labute approximate surface area is 150 Å². The van der Waals surface area contributed by atoms with E-state index < -0.39 is 23.3 Å². The molecule has 2 aromatic rings. The number of nitrogens with zero attached hydrogens (tertiary/aromatic N) is 1. The lowest BCUT2D eigenvalue weighted by Gasteiger charge is -2.07. The van der Waals surface area contributed by atoms with Crippen molar-refractivity contribution in [2.24, 2.45) is 0 Å². The molecule has 8 heteroatoms. The lowest BCUT2D eigenvalue weighted by molar-refractivity contribution is -0.385. The number of hydrogen-bond donors (Lipinski definition) is 1. The smallest absolute Gasteiger partial charge is 0.340 e. The van der Waals surface area contributed by atoms with Crippen molar-refractivity contribution in [3.8, 4) is 5.75 Å². The number of esters is 1. The Kier molecular flexibility index (Phi) is 5.76. The molecule has 1 heterocycles. The maximum atomic E-state index is 12.5. The minimum atomic E-state index is -0.567. The van der Waals surface area contributed by atoms with Gasteiger partial charge in [0.25, 0.3) is 0 Å². The largest absolute Gasteiger partial charge is 0.478 e. The molecule has 2 rings (SSSR count). The number of benzene rings is 1. The second-order valence-corrected chi connectivity index (χ2v) is 5.79. The monoisotopic (exact) mass is 360 g/mol. The van der Waals surface area contributed by atoms with Gasteiger partial charge in [-0.05, 0) is 44.9 Å². The summed E-state index contributed by atoms with van der Waals surface area (Å²) in [4.78, 5) is 37.8. The molecule has 0 bridgehead atoms. The Bertz CT molecular complexity index is 869. The molecule has 0 amide bonds. The number of Topliss-reactive ketones (excluding diaryl/α,β-unsaturated/α-hetero) is 1. The van der Waals surface area contributed by atoms with Gasteiger partial charge in [-0.2, -0.15) is 0 Å². The molecule has 8 nitrogen and oxygen atoms in total. The van der Waals surface area contributed by atoms with Crippen LogP contribution < -0.4 is 4.74 Å². The van der Waals surface area contributed by atoms with Crippen molar-refractivity contribution < 1.29 is 24.0 Å². The molecule has 0 saturated carbocycles. The van der Waals surface area contributed by atoms with Crippen LogP contribution in [0.1, 0.15) is 44.6 Å². The predicted octanol–water partition coefficient (Wildman–Crippen LogP) is 3.29. The topological polar surface area (TPSA) is 112 Å². The third-order valence-corrected chi connectivity index (χ3v) is 3.87. The summed E-state index contributed by atoms with van der Waals surface area (Å²) in [5.41, 5.74) is 2.08. The Hall–Kier alpha value is -3.16. The van der Waals surface area contributed by atoms with E-state index in [1.165, 1.54) is 12.1 Å². The molecule has 0 fully saturated rings. The number of hydrogen-bond acceptors (Lipinski definition) is 6. The van der Waals surface area contributed by atoms with Crippen LogP contribution in [-0.2, 0) is 4.74 Å². The number of ether oxygens (including phenoxy) is 2. The molecule has 0 aliphatic heterocycles. The van der Waals surface area contributed by atoms with Crippen LogP contribution in [0.15, 0.2) is 18.2 Å². The number of aromatic amines is 1. The first-order valence-corrected chi connectivity index (χ1v) is 8.03. The molecule has 0 unspecified atom stereocenters. The Morgan fingerprint density at radius 3 is 2.54 bits per heavy atom. The lowest BCUT2D eigenvalue weighted by atomic mass is 10.1. The highest BCUT2D eigenvalue weighted by atomic mass is 16.6. The van der Waals surface area contributed by atoms with E-state index in [0.29, 0.717) is 16.8 Å². The molecule has 1 N–H and O–H groups in total.